The van der Waals surface area contributed by atoms with E-state index in [-0.39, 0.29) is 12.5 Å². The minimum Gasteiger partial charge on any atom is -0.497 e. The number of carbonyl (C=O) groups is 1. The smallest absolute Gasteiger partial charge is 0.262 e. The van der Waals surface area contributed by atoms with Crippen molar-refractivity contribution >= 4 is 34.1 Å². The molecule has 0 aliphatic heterocycles. The molecule has 5 nitrogen and oxygen atoms in total. The van der Waals surface area contributed by atoms with Crippen molar-refractivity contribution in [3.05, 3.63) is 83.9 Å². The number of benzene rings is 3. The summed E-state index contributed by atoms with van der Waals surface area (Å²) in [7, 11) is 1.63. The topological polar surface area (TPSA) is 60.5 Å². The number of anilines is 1. The first-order chi connectivity index (χ1) is 14.6. The lowest BCUT2D eigenvalue weighted by molar-refractivity contribution is -0.118. The molecule has 150 valence electrons. The predicted molar refractivity (Wildman–Crippen MR) is 119 cm³/mol. The molecule has 4 aromatic rings. The molecule has 0 atom stereocenters. The van der Waals surface area contributed by atoms with Crippen LogP contribution >= 0.6 is 11.6 Å². The number of aromatic nitrogens is 1. The summed E-state index contributed by atoms with van der Waals surface area (Å²) in [5, 5.41) is 4.25. The largest absolute Gasteiger partial charge is 0.497 e. The van der Waals surface area contributed by atoms with Crippen LogP contribution in [0.1, 0.15) is 0 Å². The van der Waals surface area contributed by atoms with E-state index >= 15 is 0 Å². The Morgan fingerprint density at radius 3 is 2.47 bits per heavy atom. The van der Waals surface area contributed by atoms with Gasteiger partial charge in [0, 0.05) is 27.7 Å². The highest BCUT2D eigenvalue weighted by molar-refractivity contribution is 6.30. The van der Waals surface area contributed by atoms with Crippen molar-refractivity contribution < 1.29 is 14.3 Å². The summed E-state index contributed by atoms with van der Waals surface area (Å²) >= 11 is 5.88. The lowest BCUT2D eigenvalue weighted by Crippen LogP contribution is -2.20. The Kier molecular flexibility index (Phi) is 5.82. The van der Waals surface area contributed by atoms with Crippen molar-refractivity contribution in [3.63, 3.8) is 0 Å². The molecule has 0 radical (unpaired) electrons. The van der Waals surface area contributed by atoms with Crippen LogP contribution in [0, 0.1) is 0 Å². The van der Waals surface area contributed by atoms with E-state index in [4.69, 9.17) is 26.1 Å². The van der Waals surface area contributed by atoms with Gasteiger partial charge in [0.1, 0.15) is 11.5 Å². The van der Waals surface area contributed by atoms with E-state index in [0.717, 1.165) is 27.9 Å². The third-order valence-corrected chi connectivity index (χ3v) is 4.80. The van der Waals surface area contributed by atoms with Gasteiger partial charge in [-0.15, -0.1) is 0 Å². The van der Waals surface area contributed by atoms with Crippen molar-refractivity contribution in [3.8, 4) is 22.8 Å². The van der Waals surface area contributed by atoms with E-state index in [1.807, 2.05) is 54.6 Å². The number of nitrogens with one attached hydrogen (secondary N) is 1. The molecule has 1 N–H and O–H groups in total. The Morgan fingerprint density at radius 2 is 1.73 bits per heavy atom. The van der Waals surface area contributed by atoms with Crippen LogP contribution in [0.15, 0.2) is 78.9 Å². The molecule has 0 aliphatic rings. The number of carbonyl (C=O) groups excluding carboxylic acids is 1. The van der Waals surface area contributed by atoms with Crippen LogP contribution in [0.2, 0.25) is 5.02 Å². The zero-order chi connectivity index (χ0) is 20.9. The number of rotatable bonds is 6. The number of para-hydroxylation sites is 1. The van der Waals surface area contributed by atoms with Crippen LogP contribution in [-0.2, 0) is 4.79 Å². The second kappa shape index (κ2) is 8.84. The van der Waals surface area contributed by atoms with Crippen LogP contribution in [0.3, 0.4) is 0 Å². The first-order valence-electron chi connectivity index (χ1n) is 9.35. The molecule has 1 aromatic heterocycles. The molecule has 4 rings (SSSR count). The first kappa shape index (κ1) is 19.7. The summed E-state index contributed by atoms with van der Waals surface area (Å²) in [4.78, 5) is 17.1. The van der Waals surface area contributed by atoms with E-state index in [9.17, 15) is 4.79 Å². The molecule has 1 heterocycles. The fourth-order valence-corrected chi connectivity index (χ4v) is 3.17. The van der Waals surface area contributed by atoms with Crippen LogP contribution in [0.4, 0.5) is 5.69 Å². The maximum Gasteiger partial charge on any atom is 0.262 e. The van der Waals surface area contributed by atoms with Crippen molar-refractivity contribution in [1.29, 1.82) is 0 Å². The monoisotopic (exact) mass is 418 g/mol. The maximum atomic E-state index is 12.3. The summed E-state index contributed by atoms with van der Waals surface area (Å²) in [5.41, 5.74) is 3.13. The number of hydrogen-bond donors (Lipinski definition) is 1. The molecule has 0 unspecified atom stereocenters. The van der Waals surface area contributed by atoms with Gasteiger partial charge in [0.25, 0.3) is 5.91 Å². The van der Waals surface area contributed by atoms with Crippen molar-refractivity contribution in [2.24, 2.45) is 0 Å². The quantitative estimate of drug-likeness (QED) is 0.444. The van der Waals surface area contributed by atoms with Gasteiger partial charge in [-0.25, -0.2) is 4.98 Å². The summed E-state index contributed by atoms with van der Waals surface area (Å²) in [6.07, 6.45) is 0. The van der Waals surface area contributed by atoms with Gasteiger partial charge in [-0.05, 0) is 60.7 Å². The number of methoxy groups -OCH3 is 1. The Hall–Kier alpha value is -3.57. The molecular weight excluding hydrogens is 400 g/mol. The number of nitrogens with zero attached hydrogens (tertiary/aromatic N) is 1. The Balaban J connectivity index is 1.57. The molecular formula is C24H19ClN2O3. The number of halogens is 1. The average molecular weight is 419 g/mol. The molecule has 6 heteroatoms. The SMILES string of the molecule is COc1ccc(-c2cc(OCC(=O)Nc3ccc(Cl)cc3)c3ccccc3n2)cc1. The predicted octanol–water partition coefficient (Wildman–Crippen LogP) is 5.58. The molecule has 30 heavy (non-hydrogen) atoms. The number of ether oxygens (including phenoxy) is 2. The highest BCUT2D eigenvalue weighted by Crippen LogP contribution is 2.30. The van der Waals surface area contributed by atoms with E-state index < -0.39 is 0 Å². The lowest BCUT2D eigenvalue weighted by atomic mass is 10.1. The van der Waals surface area contributed by atoms with Crippen LogP contribution in [-0.4, -0.2) is 24.6 Å². The molecule has 0 saturated carbocycles. The van der Waals surface area contributed by atoms with E-state index in [2.05, 4.69) is 5.32 Å². The van der Waals surface area contributed by atoms with Gasteiger partial charge in [-0.1, -0.05) is 23.7 Å². The molecule has 0 saturated heterocycles. The summed E-state index contributed by atoms with van der Waals surface area (Å²) < 4.78 is 11.1. The third kappa shape index (κ3) is 4.53. The number of amides is 1. The average Bonchev–Trinajstić information content (AvgIpc) is 2.79. The van der Waals surface area contributed by atoms with Gasteiger partial charge in [-0.3, -0.25) is 4.79 Å². The summed E-state index contributed by atoms with van der Waals surface area (Å²) in [5.74, 6) is 1.11. The standard InChI is InChI=1S/C24H19ClN2O3/c1-29-19-12-6-16(7-13-19)22-14-23(20-4-2-3-5-21(20)27-22)30-15-24(28)26-18-10-8-17(25)9-11-18/h2-14H,15H2,1H3,(H,26,28). The molecule has 1 amide bonds. The molecule has 0 bridgehead atoms. The van der Waals surface area contributed by atoms with E-state index in [1.165, 1.54) is 0 Å². The van der Waals surface area contributed by atoms with Crippen molar-refractivity contribution in [1.82, 2.24) is 4.98 Å². The number of fused-ring (bicyclic) bond motifs is 1. The van der Waals surface area contributed by atoms with Gasteiger partial charge in [0.2, 0.25) is 0 Å². The highest BCUT2D eigenvalue weighted by atomic mass is 35.5. The van der Waals surface area contributed by atoms with Gasteiger partial charge in [0.05, 0.1) is 18.3 Å². The van der Waals surface area contributed by atoms with Gasteiger partial charge < -0.3 is 14.8 Å². The lowest BCUT2D eigenvalue weighted by Gasteiger charge is -2.12. The van der Waals surface area contributed by atoms with E-state index in [0.29, 0.717) is 16.5 Å². The normalized spacial score (nSPS) is 10.6. The minimum absolute atomic E-state index is 0.126. The Labute approximate surface area is 179 Å². The third-order valence-electron chi connectivity index (χ3n) is 4.55. The first-order valence-corrected chi connectivity index (χ1v) is 9.72. The van der Waals surface area contributed by atoms with Gasteiger partial charge >= 0.3 is 0 Å². The number of pyridine rings is 1. The van der Waals surface area contributed by atoms with Gasteiger partial charge in [-0.2, -0.15) is 0 Å². The zero-order valence-electron chi connectivity index (χ0n) is 16.3. The van der Waals surface area contributed by atoms with Crippen LogP contribution in [0.5, 0.6) is 11.5 Å². The molecule has 0 aliphatic carbocycles. The maximum absolute atomic E-state index is 12.3. The second-order valence-electron chi connectivity index (χ2n) is 6.60. The summed E-state index contributed by atoms with van der Waals surface area (Å²) in [6.45, 7) is -0.126. The van der Waals surface area contributed by atoms with Crippen molar-refractivity contribution in [2.45, 2.75) is 0 Å². The Bertz CT molecular complexity index is 1180. The zero-order valence-corrected chi connectivity index (χ0v) is 17.0. The number of hydrogen-bond acceptors (Lipinski definition) is 4. The second-order valence-corrected chi connectivity index (χ2v) is 7.03. The fraction of sp³-hybridized carbons (Fsp3) is 0.0833. The highest BCUT2D eigenvalue weighted by Gasteiger charge is 2.11. The fourth-order valence-electron chi connectivity index (χ4n) is 3.05. The van der Waals surface area contributed by atoms with Crippen LogP contribution < -0.4 is 14.8 Å². The molecule has 3 aromatic carbocycles. The molecule has 0 fully saturated rings. The minimum atomic E-state index is -0.260. The van der Waals surface area contributed by atoms with E-state index in [1.54, 1.807) is 31.4 Å². The van der Waals surface area contributed by atoms with Crippen LogP contribution in [0.25, 0.3) is 22.2 Å². The van der Waals surface area contributed by atoms with Crippen molar-refractivity contribution in [2.75, 3.05) is 19.0 Å². The van der Waals surface area contributed by atoms with Gasteiger partial charge in [0.15, 0.2) is 6.61 Å². The summed E-state index contributed by atoms with van der Waals surface area (Å²) in [6, 6.07) is 24.1. The molecule has 0 spiro atoms. The Morgan fingerprint density at radius 1 is 1.00 bits per heavy atom.